The first-order chi connectivity index (χ1) is 8.04. The molecule has 0 amide bonds. The summed E-state index contributed by atoms with van der Waals surface area (Å²) in [7, 11) is -4.72. The van der Waals surface area contributed by atoms with Crippen molar-refractivity contribution >= 4 is 21.0 Å². The third kappa shape index (κ3) is 2.24. The Morgan fingerprint density at radius 2 is 1.76 bits per heavy atom. The third-order valence-electron chi connectivity index (χ3n) is 2.41. The molecule has 0 unspecified atom stereocenters. The van der Waals surface area contributed by atoms with Crippen LogP contribution in [0.2, 0.25) is 0 Å². The summed E-state index contributed by atoms with van der Waals surface area (Å²) in [5.74, 6) is 0.551. The minimum absolute atomic E-state index is 0.323. The Labute approximate surface area is 99.0 Å². The Balaban J connectivity index is 2.80. The van der Waals surface area contributed by atoms with Crippen LogP contribution in [0.15, 0.2) is 41.3 Å². The summed E-state index contributed by atoms with van der Waals surface area (Å²) >= 11 is 0. The summed E-state index contributed by atoms with van der Waals surface area (Å²) in [4.78, 5) is -0.323. The molecule has 0 bridgehead atoms. The number of hydrogen-bond acceptors (Lipinski definition) is 3. The number of rotatable bonds is 3. The molecule has 0 atom stereocenters. The Bertz CT molecular complexity index is 650. The molecular weight excluding hydrogens is 243 g/mol. The SMILES string of the molecule is CCOc1ccc(S(=O)(=O)F)c2ccccc12. The van der Waals surface area contributed by atoms with Crippen molar-refractivity contribution < 1.29 is 17.0 Å². The van der Waals surface area contributed by atoms with Gasteiger partial charge in [-0.1, -0.05) is 24.3 Å². The van der Waals surface area contributed by atoms with Crippen molar-refractivity contribution in [3.8, 4) is 5.75 Å². The van der Waals surface area contributed by atoms with Crippen molar-refractivity contribution in [2.24, 2.45) is 0 Å². The molecule has 17 heavy (non-hydrogen) atoms. The topological polar surface area (TPSA) is 43.4 Å². The average Bonchev–Trinajstić information content (AvgIpc) is 2.28. The van der Waals surface area contributed by atoms with E-state index < -0.39 is 10.2 Å². The maximum absolute atomic E-state index is 13.1. The fourth-order valence-electron chi connectivity index (χ4n) is 1.74. The molecule has 0 radical (unpaired) electrons. The van der Waals surface area contributed by atoms with Gasteiger partial charge in [0.2, 0.25) is 0 Å². The second kappa shape index (κ2) is 4.33. The third-order valence-corrected chi connectivity index (χ3v) is 3.29. The van der Waals surface area contributed by atoms with Crippen LogP contribution in [-0.4, -0.2) is 15.0 Å². The van der Waals surface area contributed by atoms with E-state index in [1.54, 1.807) is 24.3 Å². The van der Waals surface area contributed by atoms with Crippen LogP contribution < -0.4 is 4.74 Å². The fourth-order valence-corrected chi connectivity index (χ4v) is 2.41. The molecule has 2 aromatic rings. The molecular formula is C12H11FO3S. The minimum Gasteiger partial charge on any atom is -0.493 e. The van der Waals surface area contributed by atoms with Gasteiger partial charge in [-0.3, -0.25) is 0 Å². The highest BCUT2D eigenvalue weighted by atomic mass is 32.3. The largest absolute Gasteiger partial charge is 0.493 e. The van der Waals surface area contributed by atoms with Crippen molar-refractivity contribution in [2.75, 3.05) is 6.61 Å². The molecule has 0 aliphatic rings. The van der Waals surface area contributed by atoms with E-state index in [2.05, 4.69) is 0 Å². The predicted octanol–water partition coefficient (Wildman–Crippen LogP) is 2.90. The van der Waals surface area contributed by atoms with Gasteiger partial charge < -0.3 is 4.74 Å². The Hall–Kier alpha value is -1.62. The maximum Gasteiger partial charge on any atom is 0.332 e. The average molecular weight is 254 g/mol. The van der Waals surface area contributed by atoms with Gasteiger partial charge in [0.1, 0.15) is 10.6 Å². The van der Waals surface area contributed by atoms with Gasteiger partial charge in [-0.25, -0.2) is 0 Å². The van der Waals surface area contributed by atoms with E-state index in [1.165, 1.54) is 12.1 Å². The summed E-state index contributed by atoms with van der Waals surface area (Å²) in [5, 5.41) is 0.925. The maximum atomic E-state index is 13.1. The van der Waals surface area contributed by atoms with Crippen LogP contribution in [0.25, 0.3) is 10.8 Å². The van der Waals surface area contributed by atoms with Crippen LogP contribution in [0.3, 0.4) is 0 Å². The lowest BCUT2D eigenvalue weighted by molar-refractivity contribution is 0.344. The Morgan fingerprint density at radius 1 is 1.12 bits per heavy atom. The van der Waals surface area contributed by atoms with Gasteiger partial charge in [0.25, 0.3) is 0 Å². The summed E-state index contributed by atoms with van der Waals surface area (Å²) in [6, 6.07) is 9.37. The molecule has 0 aromatic heterocycles. The number of ether oxygens (including phenoxy) is 1. The van der Waals surface area contributed by atoms with E-state index >= 15 is 0 Å². The van der Waals surface area contributed by atoms with Gasteiger partial charge >= 0.3 is 10.2 Å². The Morgan fingerprint density at radius 3 is 2.35 bits per heavy atom. The quantitative estimate of drug-likeness (QED) is 0.791. The van der Waals surface area contributed by atoms with Crippen LogP contribution in [0.1, 0.15) is 6.92 Å². The molecule has 0 heterocycles. The van der Waals surface area contributed by atoms with Crippen molar-refractivity contribution in [1.82, 2.24) is 0 Å². The van der Waals surface area contributed by atoms with E-state index in [0.29, 0.717) is 23.1 Å². The van der Waals surface area contributed by atoms with Gasteiger partial charge in [0.05, 0.1) is 6.61 Å². The number of halogens is 1. The first kappa shape index (κ1) is 11.9. The van der Waals surface area contributed by atoms with E-state index in [9.17, 15) is 12.3 Å². The van der Waals surface area contributed by atoms with Crippen LogP contribution in [0.5, 0.6) is 5.75 Å². The summed E-state index contributed by atoms with van der Waals surface area (Å²) in [6.45, 7) is 2.29. The molecule has 3 nitrogen and oxygen atoms in total. The molecule has 0 N–H and O–H groups in total. The second-order valence-electron chi connectivity index (χ2n) is 3.48. The van der Waals surface area contributed by atoms with Crippen LogP contribution in [0, 0.1) is 0 Å². The van der Waals surface area contributed by atoms with Gasteiger partial charge in [-0.15, -0.1) is 3.89 Å². The molecule has 0 fully saturated rings. The molecule has 2 aromatic carbocycles. The zero-order chi connectivity index (χ0) is 12.5. The van der Waals surface area contributed by atoms with Crippen molar-refractivity contribution in [1.29, 1.82) is 0 Å². The first-order valence-corrected chi connectivity index (χ1v) is 6.51. The highest BCUT2D eigenvalue weighted by Gasteiger charge is 2.17. The second-order valence-corrected chi connectivity index (χ2v) is 4.79. The van der Waals surface area contributed by atoms with Gasteiger partial charge in [0.15, 0.2) is 0 Å². The Kier molecular flexibility index (Phi) is 3.02. The lowest BCUT2D eigenvalue weighted by Crippen LogP contribution is -1.97. The smallest absolute Gasteiger partial charge is 0.332 e. The highest BCUT2D eigenvalue weighted by molar-refractivity contribution is 7.86. The molecule has 2 rings (SSSR count). The normalized spacial score (nSPS) is 11.6. The van der Waals surface area contributed by atoms with Crippen molar-refractivity contribution in [2.45, 2.75) is 11.8 Å². The molecule has 0 aliphatic carbocycles. The molecule has 0 saturated heterocycles. The molecule has 0 saturated carbocycles. The molecule has 0 spiro atoms. The predicted molar refractivity (Wildman–Crippen MR) is 63.4 cm³/mol. The lowest BCUT2D eigenvalue weighted by Gasteiger charge is -2.09. The van der Waals surface area contributed by atoms with E-state index in [4.69, 9.17) is 4.74 Å². The van der Waals surface area contributed by atoms with Gasteiger partial charge in [-0.2, -0.15) is 8.42 Å². The van der Waals surface area contributed by atoms with Crippen LogP contribution >= 0.6 is 0 Å². The van der Waals surface area contributed by atoms with Gasteiger partial charge in [0, 0.05) is 10.8 Å². The lowest BCUT2D eigenvalue weighted by atomic mass is 10.1. The monoisotopic (exact) mass is 254 g/mol. The number of fused-ring (bicyclic) bond motifs is 1. The van der Waals surface area contributed by atoms with Crippen LogP contribution in [-0.2, 0) is 10.2 Å². The first-order valence-electron chi connectivity index (χ1n) is 5.13. The van der Waals surface area contributed by atoms with Crippen molar-refractivity contribution in [3.63, 3.8) is 0 Å². The van der Waals surface area contributed by atoms with E-state index in [0.717, 1.165) is 0 Å². The van der Waals surface area contributed by atoms with Crippen molar-refractivity contribution in [3.05, 3.63) is 36.4 Å². The highest BCUT2D eigenvalue weighted by Crippen LogP contribution is 2.31. The fraction of sp³-hybridized carbons (Fsp3) is 0.167. The van der Waals surface area contributed by atoms with E-state index in [1.807, 2.05) is 6.92 Å². The molecule has 0 aliphatic heterocycles. The van der Waals surface area contributed by atoms with Gasteiger partial charge in [-0.05, 0) is 19.1 Å². The zero-order valence-corrected chi connectivity index (χ0v) is 10.00. The minimum atomic E-state index is -4.72. The van der Waals surface area contributed by atoms with Crippen LogP contribution in [0.4, 0.5) is 3.89 Å². The summed E-state index contributed by atoms with van der Waals surface area (Å²) in [6.07, 6.45) is 0. The number of benzene rings is 2. The zero-order valence-electron chi connectivity index (χ0n) is 9.18. The summed E-state index contributed by atoms with van der Waals surface area (Å²) < 4.78 is 40.5. The summed E-state index contributed by atoms with van der Waals surface area (Å²) in [5.41, 5.74) is 0. The molecule has 5 heteroatoms. The molecule has 90 valence electrons. The standard InChI is InChI=1S/C12H11FO3S/c1-2-16-11-7-8-12(17(13,14)15)10-6-4-3-5-9(10)11/h3-8H,2H2,1H3. The number of hydrogen-bond donors (Lipinski definition) is 0. The van der Waals surface area contributed by atoms with E-state index in [-0.39, 0.29) is 4.90 Å².